The quantitative estimate of drug-likeness (QED) is 0.0446. The lowest BCUT2D eigenvalue weighted by Gasteiger charge is -2.16. The molecule has 12 aromatic rings. The standard InChI is InChI=1S/C20H22N8O2.2C17H18N8O2.C16H16N8O2/c1-21-17-10-15(24-14-4-2-5-16(25-14)27-9-3-6-18(27)29)26-19-13(11-22-28(17)19)20(30)23-12-7-8-12;1-10(18)11-9-20-25-15(19-2)8-13(23-16(11)25)21-12-4-3-5-14(22-12)24-6-7-27-17(24)26;1-19-14-8-12(23-17-10(16(18)27)9-20-25(14)17)21-11-4-2-5-13(22-11)24-7-3-6-15(24)26;17-10-7-12(22-16-9(15(18)26)8-19-24(10)16)20-11-3-1-4-13(21-11)23-6-2-5-14(23)25/h2,4-5,10-12,21H,3,6-9H2,1H3,(H,23,30)(H,24,25,26);3-5,8-9,19H,1,6-7,18H2,2H3,(H,21,22,23);2,4-5,8-9,19H,3,6-7H2,1H3,(H2,18,27)(H,21,22,23);1,3-4,7-8H,2,5-6,17H2,(H2,18,26)(H,20,21,22). The van der Waals surface area contributed by atoms with Crippen molar-refractivity contribution in [2.45, 2.75) is 57.4 Å². The molecule has 7 amide bonds. The lowest BCUT2D eigenvalue weighted by atomic mass is 10.3. The van der Waals surface area contributed by atoms with Gasteiger partial charge in [-0.05, 0) is 80.6 Å². The highest BCUT2D eigenvalue weighted by atomic mass is 16.6. The molecule has 5 aliphatic rings. The molecular weight excluding hydrogens is 1420 g/mol. The monoisotopic (exact) mass is 1490 g/mol. The molecule has 0 unspecified atom stereocenters. The van der Waals surface area contributed by atoms with Gasteiger partial charge in [-0.15, -0.1) is 0 Å². The first kappa shape index (κ1) is 72.1. The maximum Gasteiger partial charge on any atom is 0.415 e. The van der Waals surface area contributed by atoms with Gasteiger partial charge in [0.2, 0.25) is 17.7 Å². The third-order valence-electron chi connectivity index (χ3n) is 17.8. The van der Waals surface area contributed by atoms with Crippen LogP contribution < -0.4 is 85.1 Å². The number of rotatable bonds is 20. The molecule has 4 saturated heterocycles. The largest absolute Gasteiger partial charge is 0.447 e. The van der Waals surface area contributed by atoms with Crippen LogP contribution in [0.1, 0.15) is 88.0 Å². The van der Waals surface area contributed by atoms with Crippen molar-refractivity contribution in [3.63, 3.8) is 0 Å². The van der Waals surface area contributed by atoms with Gasteiger partial charge < -0.3 is 70.2 Å². The number of nitrogens with one attached hydrogen (secondary N) is 8. The normalized spacial score (nSPS) is 14.5. The summed E-state index contributed by atoms with van der Waals surface area (Å²) in [5.74, 6) is 7.46. The molecule has 0 bridgehead atoms. The van der Waals surface area contributed by atoms with E-state index in [0.717, 1.165) is 32.1 Å². The minimum atomic E-state index is -0.642. The molecule has 0 aromatic carbocycles. The fourth-order valence-corrected chi connectivity index (χ4v) is 12.3. The van der Waals surface area contributed by atoms with Crippen LogP contribution in [0.15, 0.2) is 128 Å². The Kier molecular flexibility index (Phi) is 20.3. The number of hydrogen-bond donors (Lipinski definition) is 12. The van der Waals surface area contributed by atoms with E-state index in [9.17, 15) is 33.6 Å². The van der Waals surface area contributed by atoms with E-state index in [1.165, 1.54) is 32.5 Å². The number of primary amides is 2. The zero-order chi connectivity index (χ0) is 76.9. The van der Waals surface area contributed by atoms with Crippen LogP contribution >= 0.6 is 0 Å². The fraction of sp³-hybridized carbons (Fsp3) is 0.243. The molecule has 0 atom stereocenters. The number of nitrogens with zero attached hydrogens (tertiary/aromatic N) is 20. The number of hydrogen-bond acceptors (Lipinski definition) is 29. The average Bonchev–Trinajstić information content (AvgIpc) is 1.63. The maximum absolute atomic E-state index is 12.6. The number of pyridine rings is 4. The Labute approximate surface area is 624 Å². The predicted octanol–water partition coefficient (Wildman–Crippen LogP) is 5.54. The van der Waals surface area contributed by atoms with Crippen molar-refractivity contribution in [2.75, 3.05) is 116 Å². The van der Waals surface area contributed by atoms with E-state index < -0.39 is 17.9 Å². The summed E-state index contributed by atoms with van der Waals surface area (Å²) >= 11 is 0. The first-order chi connectivity index (χ1) is 53.3. The number of ether oxygens (including phenoxy) is 1. The van der Waals surface area contributed by atoms with Crippen LogP contribution in [0.25, 0.3) is 28.3 Å². The van der Waals surface area contributed by atoms with Gasteiger partial charge in [0.05, 0.1) is 36.9 Å². The van der Waals surface area contributed by atoms with Gasteiger partial charge in [-0.1, -0.05) is 30.8 Å². The summed E-state index contributed by atoms with van der Waals surface area (Å²) in [7, 11) is 5.30. The van der Waals surface area contributed by atoms with Gasteiger partial charge in [0.1, 0.15) is 116 Å². The smallest absolute Gasteiger partial charge is 0.415 e. The molecule has 40 heteroatoms. The Bertz CT molecular complexity index is 5450. The van der Waals surface area contributed by atoms with Crippen LogP contribution in [0.2, 0.25) is 0 Å². The summed E-state index contributed by atoms with van der Waals surface area (Å²) < 4.78 is 11.0. The lowest BCUT2D eigenvalue weighted by Crippen LogP contribution is -2.25. The number of cyclic esters (lactones) is 1. The topological polar surface area (TPSA) is 514 Å². The van der Waals surface area contributed by atoms with E-state index in [1.807, 2.05) is 24.3 Å². The number of anilines is 16. The molecule has 1 saturated carbocycles. The van der Waals surface area contributed by atoms with Gasteiger partial charge in [0.25, 0.3) is 17.7 Å². The van der Waals surface area contributed by atoms with Gasteiger partial charge in [0, 0.05) is 96.0 Å². The second kappa shape index (κ2) is 31.0. The number of fused-ring (bicyclic) bond motifs is 4. The van der Waals surface area contributed by atoms with Crippen molar-refractivity contribution in [1.82, 2.24) is 83.6 Å². The Morgan fingerprint density at radius 3 is 1.13 bits per heavy atom. The molecule has 110 heavy (non-hydrogen) atoms. The SMILES string of the molecule is C=C(N)c1cnn2c(NC)cc(Nc3cccc(N4CCOC4=O)n3)nc12.CNc1cc(Nc2cccc(N3CCCC3=O)n2)nc2c(C(=O)NC3CC3)cnn12.CNc1cc(Nc2cccc(N3CCCC3=O)n2)nc2c(C(N)=O)cnn12.NC(=O)c1cnn2c(N)cc(Nc3cccc(N4CCCC4=O)n3)nc12. The Balaban J connectivity index is 0.000000122. The first-order valence-electron chi connectivity index (χ1n) is 34.8. The highest BCUT2D eigenvalue weighted by Gasteiger charge is 2.30. The minimum Gasteiger partial charge on any atom is -0.447 e. The van der Waals surface area contributed by atoms with Crippen LogP contribution in [-0.2, 0) is 19.1 Å². The van der Waals surface area contributed by atoms with Crippen molar-refractivity contribution in [3.8, 4) is 0 Å². The molecule has 1 aliphatic carbocycles. The number of carbonyl (C=O) groups excluding carboxylic acids is 7. The Morgan fingerprint density at radius 2 is 0.782 bits per heavy atom. The third-order valence-corrected chi connectivity index (χ3v) is 17.8. The number of nitrogen functional groups attached to an aromatic ring is 1. The average molecular weight is 1490 g/mol. The molecule has 0 radical (unpaired) electrons. The molecule has 16 heterocycles. The molecule has 0 spiro atoms. The Hall–Kier alpha value is -14.9. The highest BCUT2D eigenvalue weighted by Crippen LogP contribution is 2.31. The molecular formula is C70H74N32O8. The van der Waals surface area contributed by atoms with E-state index in [4.69, 9.17) is 27.7 Å². The summed E-state index contributed by atoms with van der Waals surface area (Å²) in [5, 5.41) is 41.3. The van der Waals surface area contributed by atoms with Gasteiger partial charge >= 0.3 is 6.09 Å². The zero-order valence-electron chi connectivity index (χ0n) is 59.5. The van der Waals surface area contributed by atoms with Gasteiger partial charge in [-0.3, -0.25) is 48.4 Å². The predicted molar refractivity (Wildman–Crippen MR) is 409 cm³/mol. The summed E-state index contributed by atoms with van der Waals surface area (Å²) in [6.45, 7) is 6.60. The number of carbonyl (C=O) groups is 7. The first-order valence-corrected chi connectivity index (χ1v) is 34.8. The van der Waals surface area contributed by atoms with Gasteiger partial charge in [-0.2, -0.15) is 38.5 Å². The van der Waals surface area contributed by atoms with Gasteiger partial charge in [-0.25, -0.2) is 44.7 Å². The molecule has 40 nitrogen and oxygen atoms in total. The van der Waals surface area contributed by atoms with Crippen LogP contribution in [0, 0.1) is 0 Å². The van der Waals surface area contributed by atoms with Crippen molar-refractivity contribution < 1.29 is 38.3 Å². The molecule has 562 valence electrons. The zero-order valence-corrected chi connectivity index (χ0v) is 59.5. The Morgan fingerprint density at radius 1 is 0.436 bits per heavy atom. The van der Waals surface area contributed by atoms with Gasteiger partial charge in [0.15, 0.2) is 22.6 Å². The molecule has 12 aromatic heterocycles. The fourth-order valence-electron chi connectivity index (χ4n) is 12.3. The maximum atomic E-state index is 12.6. The summed E-state index contributed by atoms with van der Waals surface area (Å²) in [6.07, 6.45) is 11.6. The van der Waals surface area contributed by atoms with Crippen molar-refractivity contribution in [3.05, 3.63) is 151 Å². The summed E-state index contributed by atoms with van der Waals surface area (Å²) in [6, 6.07) is 28.7. The molecule has 17 rings (SSSR count). The summed E-state index contributed by atoms with van der Waals surface area (Å²) in [4.78, 5) is 126. The van der Waals surface area contributed by atoms with Crippen LogP contribution in [-0.4, -0.2) is 180 Å². The van der Waals surface area contributed by atoms with Crippen molar-refractivity contribution in [2.24, 2.45) is 17.2 Å². The lowest BCUT2D eigenvalue weighted by molar-refractivity contribution is -0.117. The molecule has 5 fully saturated rings. The van der Waals surface area contributed by atoms with E-state index in [0.29, 0.717) is 173 Å². The second-order valence-electron chi connectivity index (χ2n) is 25.3. The number of nitrogens with two attached hydrogens (primary N) is 4. The van der Waals surface area contributed by atoms with E-state index >= 15 is 0 Å². The minimum absolute atomic E-state index is 0.0591. The van der Waals surface area contributed by atoms with Crippen LogP contribution in [0.4, 0.5) is 97.9 Å². The van der Waals surface area contributed by atoms with E-state index in [-0.39, 0.29) is 52.3 Å². The molecule has 4 aliphatic heterocycles. The highest BCUT2D eigenvalue weighted by molar-refractivity contribution is 6.02. The van der Waals surface area contributed by atoms with Crippen LogP contribution in [0.3, 0.4) is 0 Å². The summed E-state index contributed by atoms with van der Waals surface area (Å²) in [5.41, 5.74) is 26.0. The number of amides is 7. The number of aromatic nitrogens is 16. The van der Waals surface area contributed by atoms with Crippen molar-refractivity contribution in [1.29, 1.82) is 0 Å². The second-order valence-corrected chi connectivity index (χ2v) is 25.3. The molecule has 16 N–H and O–H groups in total. The third kappa shape index (κ3) is 15.5. The van der Waals surface area contributed by atoms with Crippen molar-refractivity contribution >= 4 is 163 Å². The van der Waals surface area contributed by atoms with E-state index in [1.54, 1.807) is 124 Å². The van der Waals surface area contributed by atoms with E-state index in [2.05, 4.69) is 109 Å². The van der Waals surface area contributed by atoms with Crippen LogP contribution in [0.5, 0.6) is 0 Å².